The number of carbonyl (C=O) groups is 5. The number of amides is 4. The Kier molecular flexibility index (Phi) is 13.4. The highest BCUT2D eigenvalue weighted by atomic mass is 32.1. The summed E-state index contributed by atoms with van der Waals surface area (Å²) in [5.74, 6) is -4.14. The molecule has 0 rings (SSSR count). The molecule has 0 heterocycles. The lowest BCUT2D eigenvalue weighted by Gasteiger charge is -2.24. The van der Waals surface area contributed by atoms with Crippen LogP contribution in [0.5, 0.6) is 0 Å². The maximum Gasteiger partial charge on any atom is 0.327 e. The van der Waals surface area contributed by atoms with Gasteiger partial charge >= 0.3 is 5.97 Å². The highest BCUT2D eigenvalue weighted by Gasteiger charge is 2.28. The fourth-order valence-electron chi connectivity index (χ4n) is 2.30. The van der Waals surface area contributed by atoms with Crippen LogP contribution in [0.25, 0.3) is 0 Å². The number of hydrogen-bond acceptors (Lipinski definition) is 8. The molecule has 4 amide bonds. The van der Waals surface area contributed by atoms with Crippen molar-refractivity contribution in [3.63, 3.8) is 0 Å². The van der Waals surface area contributed by atoms with Crippen LogP contribution in [0.15, 0.2) is 0 Å². The normalized spacial score (nSPS) is 13.6. The maximum absolute atomic E-state index is 12.6. The molecule has 0 radical (unpaired) electrons. The average Bonchev–Trinajstić information content (AvgIpc) is 2.67. The molecule has 13 heteroatoms. The molecule has 0 aromatic heterocycles. The molecule has 0 aliphatic carbocycles. The summed E-state index contributed by atoms with van der Waals surface area (Å²) in [6, 6.07) is -3.44. The fourth-order valence-corrected chi connectivity index (χ4v) is 2.55. The highest BCUT2D eigenvalue weighted by Crippen LogP contribution is 2.05. The first kappa shape index (κ1) is 26.6. The molecule has 0 saturated carbocycles. The summed E-state index contributed by atoms with van der Waals surface area (Å²) in [6.07, 6.45) is 1.02. The second kappa shape index (κ2) is 14.6. The molecule has 29 heavy (non-hydrogen) atoms. The number of primary amides is 1. The number of carboxylic acid groups (broad SMARTS) is 1. The van der Waals surface area contributed by atoms with Crippen molar-refractivity contribution in [2.75, 3.05) is 18.8 Å². The number of hydrogen-bond donors (Lipinski definition) is 8. The van der Waals surface area contributed by atoms with E-state index >= 15 is 0 Å². The van der Waals surface area contributed by atoms with Crippen LogP contribution in [0.2, 0.25) is 0 Å². The van der Waals surface area contributed by atoms with Crippen molar-refractivity contribution in [1.29, 1.82) is 0 Å². The monoisotopic (exact) mass is 434 g/mol. The summed E-state index contributed by atoms with van der Waals surface area (Å²) in [4.78, 5) is 58.8. The van der Waals surface area contributed by atoms with Gasteiger partial charge in [0.05, 0.1) is 6.54 Å². The topological polar surface area (TPSA) is 220 Å². The minimum Gasteiger partial charge on any atom is -0.480 e. The van der Waals surface area contributed by atoms with Crippen molar-refractivity contribution < 1.29 is 29.1 Å². The number of carbonyl (C=O) groups excluding carboxylic acids is 4. The van der Waals surface area contributed by atoms with Gasteiger partial charge in [0.25, 0.3) is 0 Å². The van der Waals surface area contributed by atoms with Crippen molar-refractivity contribution in [2.45, 2.75) is 50.2 Å². The molecule has 0 bridgehead atoms. The van der Waals surface area contributed by atoms with Crippen LogP contribution in [0.3, 0.4) is 0 Å². The van der Waals surface area contributed by atoms with E-state index in [9.17, 15) is 24.0 Å². The summed E-state index contributed by atoms with van der Waals surface area (Å²) >= 11 is 3.88. The molecule has 3 unspecified atom stereocenters. The largest absolute Gasteiger partial charge is 0.480 e. The summed E-state index contributed by atoms with van der Waals surface area (Å²) in [7, 11) is 0. The Bertz CT molecular complexity index is 590. The Morgan fingerprint density at radius 3 is 1.86 bits per heavy atom. The molecule has 0 aromatic rings. The Morgan fingerprint density at radius 2 is 1.41 bits per heavy atom. The Balaban J connectivity index is 5.27. The molecule has 0 saturated heterocycles. The maximum atomic E-state index is 12.6. The van der Waals surface area contributed by atoms with Gasteiger partial charge in [0.2, 0.25) is 23.6 Å². The predicted molar refractivity (Wildman–Crippen MR) is 108 cm³/mol. The van der Waals surface area contributed by atoms with Crippen LogP contribution in [0, 0.1) is 0 Å². The zero-order chi connectivity index (χ0) is 22.4. The van der Waals surface area contributed by atoms with Crippen molar-refractivity contribution in [3.8, 4) is 0 Å². The van der Waals surface area contributed by atoms with Crippen molar-refractivity contribution in [1.82, 2.24) is 16.0 Å². The minimum absolute atomic E-state index is 0.0849. The minimum atomic E-state index is -1.27. The van der Waals surface area contributed by atoms with Gasteiger partial charge in [-0.05, 0) is 32.2 Å². The van der Waals surface area contributed by atoms with E-state index < -0.39 is 47.7 Å². The molecule has 0 aliphatic heterocycles. The molecule has 0 fully saturated rings. The predicted octanol–water partition coefficient (Wildman–Crippen LogP) is -3.19. The lowest BCUT2D eigenvalue weighted by molar-refractivity contribution is -0.141. The van der Waals surface area contributed by atoms with Gasteiger partial charge in [-0.2, -0.15) is 12.6 Å². The number of carboxylic acids is 1. The van der Waals surface area contributed by atoms with Crippen LogP contribution < -0.4 is 33.2 Å². The molecule has 0 aromatic carbocycles. The first-order chi connectivity index (χ1) is 13.7. The van der Waals surface area contributed by atoms with Gasteiger partial charge in [-0.1, -0.05) is 0 Å². The highest BCUT2D eigenvalue weighted by molar-refractivity contribution is 7.80. The van der Waals surface area contributed by atoms with E-state index in [1.165, 1.54) is 0 Å². The summed E-state index contributed by atoms with van der Waals surface area (Å²) in [6.45, 7) is 0.00741. The second-order valence-corrected chi connectivity index (χ2v) is 6.62. The van der Waals surface area contributed by atoms with E-state index in [1.807, 2.05) is 0 Å². The zero-order valence-electron chi connectivity index (χ0n) is 16.1. The average molecular weight is 435 g/mol. The number of rotatable bonds is 15. The van der Waals surface area contributed by atoms with Crippen LogP contribution in [0.4, 0.5) is 0 Å². The Hall–Kier alpha value is -2.38. The molecule has 3 atom stereocenters. The molecule has 166 valence electrons. The van der Waals surface area contributed by atoms with Gasteiger partial charge in [-0.3, -0.25) is 19.2 Å². The van der Waals surface area contributed by atoms with E-state index in [1.54, 1.807) is 0 Å². The quantitative estimate of drug-likeness (QED) is 0.0966. The van der Waals surface area contributed by atoms with Crippen LogP contribution in [-0.2, 0) is 24.0 Å². The molecular weight excluding hydrogens is 404 g/mol. The van der Waals surface area contributed by atoms with Gasteiger partial charge in [0.15, 0.2) is 0 Å². The molecular formula is C16H30N6O6S. The SMILES string of the molecule is NCCCCC(NC(=O)C(CCC(N)=O)NC(=O)CN)C(=O)NC(CS)C(=O)O. The van der Waals surface area contributed by atoms with Crippen LogP contribution in [-0.4, -0.2) is 71.7 Å². The third kappa shape index (κ3) is 11.3. The number of nitrogens with two attached hydrogens (primary N) is 3. The second-order valence-electron chi connectivity index (χ2n) is 6.26. The summed E-state index contributed by atoms with van der Waals surface area (Å²) < 4.78 is 0. The van der Waals surface area contributed by atoms with Gasteiger partial charge in [0.1, 0.15) is 18.1 Å². The van der Waals surface area contributed by atoms with Gasteiger partial charge < -0.3 is 38.3 Å². The van der Waals surface area contributed by atoms with Gasteiger partial charge in [0, 0.05) is 12.2 Å². The first-order valence-electron chi connectivity index (χ1n) is 9.08. The number of unbranched alkanes of at least 4 members (excludes halogenated alkanes) is 1. The third-order valence-corrected chi connectivity index (χ3v) is 4.26. The van der Waals surface area contributed by atoms with E-state index in [4.69, 9.17) is 22.3 Å². The Morgan fingerprint density at radius 1 is 0.862 bits per heavy atom. The lowest BCUT2D eigenvalue weighted by atomic mass is 10.1. The van der Waals surface area contributed by atoms with Crippen molar-refractivity contribution in [2.24, 2.45) is 17.2 Å². The van der Waals surface area contributed by atoms with Crippen LogP contribution in [0.1, 0.15) is 32.1 Å². The van der Waals surface area contributed by atoms with Gasteiger partial charge in [-0.15, -0.1) is 0 Å². The smallest absolute Gasteiger partial charge is 0.327 e. The molecule has 0 aliphatic rings. The summed E-state index contributed by atoms with van der Waals surface area (Å²) in [5, 5.41) is 16.2. The van der Waals surface area contributed by atoms with E-state index in [2.05, 4.69) is 28.6 Å². The number of nitrogens with one attached hydrogen (secondary N) is 3. The van der Waals surface area contributed by atoms with E-state index in [0.29, 0.717) is 19.4 Å². The van der Waals surface area contributed by atoms with E-state index in [-0.39, 0.29) is 31.6 Å². The molecule has 10 N–H and O–H groups in total. The van der Waals surface area contributed by atoms with Crippen LogP contribution >= 0.6 is 12.6 Å². The molecule has 0 spiro atoms. The summed E-state index contributed by atoms with van der Waals surface area (Å²) in [5.41, 5.74) is 15.8. The number of thiol groups is 1. The van der Waals surface area contributed by atoms with Crippen molar-refractivity contribution in [3.05, 3.63) is 0 Å². The van der Waals surface area contributed by atoms with Gasteiger partial charge in [-0.25, -0.2) is 4.79 Å². The molecule has 12 nitrogen and oxygen atoms in total. The lowest BCUT2D eigenvalue weighted by Crippen LogP contribution is -2.56. The standard InChI is InChI=1S/C16H30N6O6S/c17-6-2-1-3-9(14(25)22-11(8-29)16(27)28)21-15(26)10(4-5-12(19)23)20-13(24)7-18/h9-11,29H,1-8,17-18H2,(H2,19,23)(H,20,24)(H,21,26)(H,22,25)(H,27,28). The van der Waals surface area contributed by atoms with E-state index in [0.717, 1.165) is 0 Å². The zero-order valence-corrected chi connectivity index (χ0v) is 17.0. The Labute approximate surface area is 174 Å². The first-order valence-corrected chi connectivity index (χ1v) is 9.71. The van der Waals surface area contributed by atoms with Crippen molar-refractivity contribution >= 4 is 42.2 Å². The number of aliphatic carboxylic acids is 1. The third-order valence-electron chi connectivity index (χ3n) is 3.89. The fraction of sp³-hybridized carbons (Fsp3) is 0.688.